The molecule has 6 nitrogen and oxygen atoms in total. The minimum absolute atomic E-state index is 0.0506. The first-order valence-electron chi connectivity index (χ1n) is 9.14. The molecule has 1 fully saturated rings. The first-order chi connectivity index (χ1) is 13.1. The number of urea groups is 1. The van der Waals surface area contributed by atoms with Gasteiger partial charge in [0.1, 0.15) is 0 Å². The summed E-state index contributed by atoms with van der Waals surface area (Å²) in [6.07, 6.45) is 1.81. The molecule has 2 aromatic rings. The fourth-order valence-corrected chi connectivity index (χ4v) is 3.31. The summed E-state index contributed by atoms with van der Waals surface area (Å²) in [5.41, 5.74) is 9.76. The molecule has 0 aromatic heterocycles. The predicted molar refractivity (Wildman–Crippen MR) is 105 cm³/mol. The van der Waals surface area contributed by atoms with E-state index in [4.69, 9.17) is 5.73 Å². The number of aryl methyl sites for hydroxylation is 1. The van der Waals surface area contributed by atoms with E-state index in [-0.39, 0.29) is 18.0 Å². The Morgan fingerprint density at radius 3 is 2.37 bits per heavy atom. The molecule has 1 saturated heterocycles. The van der Waals surface area contributed by atoms with Gasteiger partial charge in [-0.25, -0.2) is 4.79 Å². The van der Waals surface area contributed by atoms with Crippen molar-refractivity contribution in [3.8, 4) is 0 Å². The molecule has 1 unspecified atom stereocenters. The third-order valence-corrected chi connectivity index (χ3v) is 4.83. The Labute approximate surface area is 159 Å². The summed E-state index contributed by atoms with van der Waals surface area (Å²) in [4.78, 5) is 25.5. The number of nitrogens with zero attached hydrogens (tertiary/aromatic N) is 1. The van der Waals surface area contributed by atoms with Gasteiger partial charge in [0.05, 0.1) is 13.2 Å². The number of rotatable bonds is 7. The van der Waals surface area contributed by atoms with Crippen molar-refractivity contribution in [1.29, 1.82) is 0 Å². The molecule has 0 saturated carbocycles. The largest absolute Gasteiger partial charge is 0.469 e. The van der Waals surface area contributed by atoms with Crippen LogP contribution in [0.1, 0.15) is 29.2 Å². The molecule has 2 amide bonds. The highest BCUT2D eigenvalue weighted by molar-refractivity contribution is 5.95. The number of ether oxygens (including phenoxy) is 1. The molecule has 142 valence electrons. The molecule has 2 aromatic carbocycles. The molecule has 6 heteroatoms. The summed E-state index contributed by atoms with van der Waals surface area (Å²) in [5.74, 6) is -0.226. The SMILES string of the molecule is COC(=O)CCc1ccc(N2C(=O)NCC2c2ccc(CCN)cc2)cc1. The number of carbonyl (C=O) groups is 2. The molecule has 1 heterocycles. The van der Waals surface area contributed by atoms with E-state index in [1.54, 1.807) is 4.90 Å². The molecule has 0 spiro atoms. The van der Waals surface area contributed by atoms with Gasteiger partial charge in [-0.1, -0.05) is 36.4 Å². The maximum Gasteiger partial charge on any atom is 0.322 e. The van der Waals surface area contributed by atoms with Gasteiger partial charge in [0.25, 0.3) is 0 Å². The Morgan fingerprint density at radius 1 is 1.11 bits per heavy atom. The molecule has 3 N–H and O–H groups in total. The molecule has 0 bridgehead atoms. The van der Waals surface area contributed by atoms with E-state index < -0.39 is 0 Å². The van der Waals surface area contributed by atoms with Crippen LogP contribution in [0.3, 0.4) is 0 Å². The lowest BCUT2D eigenvalue weighted by molar-refractivity contribution is -0.140. The molecular weight excluding hydrogens is 342 g/mol. The summed E-state index contributed by atoms with van der Waals surface area (Å²) >= 11 is 0. The van der Waals surface area contributed by atoms with Crippen LogP contribution in [0.4, 0.5) is 10.5 Å². The lowest BCUT2D eigenvalue weighted by Gasteiger charge is -2.24. The molecule has 3 rings (SSSR count). The highest BCUT2D eigenvalue weighted by atomic mass is 16.5. The average Bonchev–Trinajstić information content (AvgIpc) is 3.09. The van der Waals surface area contributed by atoms with Crippen molar-refractivity contribution in [2.24, 2.45) is 5.73 Å². The van der Waals surface area contributed by atoms with Gasteiger partial charge in [0.15, 0.2) is 0 Å². The van der Waals surface area contributed by atoms with E-state index in [9.17, 15) is 9.59 Å². The number of hydrogen-bond acceptors (Lipinski definition) is 4. The third kappa shape index (κ3) is 4.46. The van der Waals surface area contributed by atoms with Gasteiger partial charge in [-0.2, -0.15) is 0 Å². The number of hydrogen-bond donors (Lipinski definition) is 2. The summed E-state index contributed by atoms with van der Waals surface area (Å²) in [6, 6.07) is 15.9. The zero-order valence-corrected chi connectivity index (χ0v) is 15.5. The number of amides is 2. The summed E-state index contributed by atoms with van der Waals surface area (Å²) in [7, 11) is 1.39. The monoisotopic (exact) mass is 367 g/mol. The first-order valence-corrected chi connectivity index (χ1v) is 9.14. The highest BCUT2D eigenvalue weighted by Crippen LogP contribution is 2.31. The lowest BCUT2D eigenvalue weighted by atomic mass is 10.0. The highest BCUT2D eigenvalue weighted by Gasteiger charge is 2.32. The van der Waals surface area contributed by atoms with Crippen LogP contribution in [0.25, 0.3) is 0 Å². The predicted octanol–water partition coefficient (Wildman–Crippen LogP) is 2.56. The molecule has 1 atom stereocenters. The maximum atomic E-state index is 12.4. The Bertz CT molecular complexity index is 787. The molecular formula is C21H25N3O3. The van der Waals surface area contributed by atoms with Crippen molar-refractivity contribution in [2.75, 3.05) is 25.1 Å². The van der Waals surface area contributed by atoms with Crippen molar-refractivity contribution >= 4 is 17.7 Å². The van der Waals surface area contributed by atoms with Crippen LogP contribution in [0.5, 0.6) is 0 Å². The number of nitrogens with one attached hydrogen (secondary N) is 1. The normalized spacial score (nSPS) is 16.3. The number of nitrogens with two attached hydrogens (primary N) is 1. The van der Waals surface area contributed by atoms with E-state index in [1.807, 2.05) is 24.3 Å². The second kappa shape index (κ2) is 8.68. The van der Waals surface area contributed by atoms with E-state index in [2.05, 4.69) is 34.3 Å². The number of methoxy groups -OCH3 is 1. The molecule has 1 aliphatic rings. The van der Waals surface area contributed by atoms with E-state index in [0.717, 1.165) is 23.2 Å². The van der Waals surface area contributed by atoms with Gasteiger partial charge < -0.3 is 15.8 Å². The Morgan fingerprint density at radius 2 is 1.74 bits per heavy atom. The number of carbonyl (C=O) groups excluding carboxylic acids is 2. The van der Waals surface area contributed by atoms with Crippen molar-refractivity contribution < 1.29 is 14.3 Å². The minimum atomic E-state index is -0.226. The quantitative estimate of drug-likeness (QED) is 0.737. The zero-order chi connectivity index (χ0) is 19.2. The zero-order valence-electron chi connectivity index (χ0n) is 15.5. The van der Waals surface area contributed by atoms with E-state index in [0.29, 0.717) is 25.9 Å². The molecule has 1 aliphatic heterocycles. The fraction of sp³-hybridized carbons (Fsp3) is 0.333. The van der Waals surface area contributed by atoms with Gasteiger partial charge in [-0.15, -0.1) is 0 Å². The lowest BCUT2D eigenvalue weighted by Crippen LogP contribution is -2.29. The molecule has 0 radical (unpaired) electrons. The first kappa shape index (κ1) is 18.9. The van der Waals surface area contributed by atoms with Crippen LogP contribution in [-0.4, -0.2) is 32.2 Å². The van der Waals surface area contributed by atoms with Gasteiger partial charge in [0.2, 0.25) is 0 Å². The van der Waals surface area contributed by atoms with Gasteiger partial charge in [-0.05, 0) is 48.2 Å². The van der Waals surface area contributed by atoms with Crippen LogP contribution in [0, 0.1) is 0 Å². The fourth-order valence-electron chi connectivity index (χ4n) is 3.31. The number of benzene rings is 2. The molecule has 0 aliphatic carbocycles. The molecule has 27 heavy (non-hydrogen) atoms. The maximum absolute atomic E-state index is 12.4. The van der Waals surface area contributed by atoms with Gasteiger partial charge >= 0.3 is 12.0 Å². The van der Waals surface area contributed by atoms with Crippen LogP contribution < -0.4 is 16.0 Å². The van der Waals surface area contributed by atoms with Crippen LogP contribution in [0.2, 0.25) is 0 Å². The summed E-state index contributed by atoms with van der Waals surface area (Å²) < 4.78 is 4.67. The second-order valence-electron chi connectivity index (χ2n) is 6.59. The van der Waals surface area contributed by atoms with Gasteiger partial charge in [0, 0.05) is 18.7 Å². The van der Waals surface area contributed by atoms with Crippen molar-refractivity contribution in [1.82, 2.24) is 5.32 Å². The van der Waals surface area contributed by atoms with E-state index >= 15 is 0 Å². The van der Waals surface area contributed by atoms with Crippen LogP contribution in [0.15, 0.2) is 48.5 Å². The standard InChI is InChI=1S/C21H25N3O3/c1-27-20(25)11-6-15-4-9-18(10-5-15)24-19(14-23-21(24)26)17-7-2-16(3-8-17)12-13-22/h2-5,7-10,19H,6,11-14,22H2,1H3,(H,23,26). The smallest absolute Gasteiger partial charge is 0.322 e. The third-order valence-electron chi connectivity index (χ3n) is 4.83. The number of anilines is 1. The van der Waals surface area contributed by atoms with Crippen molar-refractivity contribution in [3.05, 3.63) is 65.2 Å². The van der Waals surface area contributed by atoms with E-state index in [1.165, 1.54) is 12.7 Å². The van der Waals surface area contributed by atoms with Crippen LogP contribution in [-0.2, 0) is 22.4 Å². The van der Waals surface area contributed by atoms with Crippen LogP contribution >= 0.6 is 0 Å². The Balaban J connectivity index is 1.75. The number of esters is 1. The van der Waals surface area contributed by atoms with Crippen molar-refractivity contribution in [2.45, 2.75) is 25.3 Å². The topological polar surface area (TPSA) is 84.7 Å². The second-order valence-corrected chi connectivity index (χ2v) is 6.59. The Kier molecular flexibility index (Phi) is 6.08. The summed E-state index contributed by atoms with van der Waals surface area (Å²) in [6.45, 7) is 1.19. The van der Waals surface area contributed by atoms with Crippen molar-refractivity contribution in [3.63, 3.8) is 0 Å². The summed E-state index contributed by atoms with van der Waals surface area (Å²) in [5, 5.41) is 2.92. The van der Waals surface area contributed by atoms with Gasteiger partial charge in [-0.3, -0.25) is 9.69 Å². The average molecular weight is 367 g/mol. The Hall–Kier alpha value is -2.86. The minimum Gasteiger partial charge on any atom is -0.469 e.